The number of piperazine rings is 1. The van der Waals surface area contributed by atoms with Crippen LogP contribution in [-0.4, -0.2) is 75.0 Å². The van der Waals surface area contributed by atoms with Crippen molar-refractivity contribution in [2.24, 2.45) is 7.05 Å². The van der Waals surface area contributed by atoms with Crippen molar-refractivity contribution in [2.75, 3.05) is 20.2 Å². The average molecular weight is 451 g/mol. The van der Waals surface area contributed by atoms with Crippen LogP contribution in [0.25, 0.3) is 11.5 Å². The summed E-state index contributed by atoms with van der Waals surface area (Å²) in [5.41, 5.74) is 1.29. The molecule has 0 aliphatic carbocycles. The van der Waals surface area contributed by atoms with Crippen LogP contribution in [0.1, 0.15) is 22.8 Å². The molecule has 3 atom stereocenters. The Hall–Kier alpha value is -3.73. The maximum absolute atomic E-state index is 12.6. The molecule has 0 saturated carbocycles. The van der Waals surface area contributed by atoms with Crippen molar-refractivity contribution in [3.8, 4) is 17.2 Å². The van der Waals surface area contributed by atoms with Gasteiger partial charge >= 0.3 is 0 Å². The molecule has 2 aromatic heterocycles. The van der Waals surface area contributed by atoms with Gasteiger partial charge in [0.25, 0.3) is 5.91 Å². The number of rotatable bonds is 6. The molecule has 0 unspecified atom stereocenters. The van der Waals surface area contributed by atoms with Crippen molar-refractivity contribution in [1.29, 1.82) is 0 Å². The Kier molecular flexibility index (Phi) is 5.55. The zero-order valence-electron chi connectivity index (χ0n) is 18.4. The van der Waals surface area contributed by atoms with Crippen molar-refractivity contribution in [1.82, 2.24) is 35.5 Å². The number of methoxy groups -OCH3 is 1. The van der Waals surface area contributed by atoms with E-state index in [0.717, 1.165) is 11.3 Å². The molecule has 172 valence electrons. The minimum atomic E-state index is -0.301. The van der Waals surface area contributed by atoms with Crippen molar-refractivity contribution < 1.29 is 18.7 Å². The number of ether oxygens (including phenoxy) is 1. The number of hydrogen-bond acceptors (Lipinski definition) is 8. The Morgan fingerprint density at radius 1 is 1.27 bits per heavy atom. The monoisotopic (exact) mass is 451 g/mol. The predicted octanol–water partition coefficient (Wildman–Crippen LogP) is 0.393. The van der Waals surface area contributed by atoms with Gasteiger partial charge < -0.3 is 19.8 Å². The lowest BCUT2D eigenvalue weighted by Crippen LogP contribution is -2.58. The van der Waals surface area contributed by atoms with Gasteiger partial charge in [-0.3, -0.25) is 19.2 Å². The number of nitrogens with one attached hydrogen (secondary N) is 2. The van der Waals surface area contributed by atoms with E-state index in [2.05, 4.69) is 30.8 Å². The number of carbonyl (C=O) groups is 2. The molecule has 2 fully saturated rings. The summed E-state index contributed by atoms with van der Waals surface area (Å²) in [4.78, 5) is 27.2. The highest BCUT2D eigenvalue weighted by Gasteiger charge is 2.44. The van der Waals surface area contributed by atoms with E-state index in [-0.39, 0.29) is 29.9 Å². The molecule has 0 radical (unpaired) electrons. The molecule has 11 heteroatoms. The first kappa shape index (κ1) is 21.1. The second-order valence-corrected chi connectivity index (χ2v) is 8.29. The summed E-state index contributed by atoms with van der Waals surface area (Å²) in [5.74, 6) is 1.47. The van der Waals surface area contributed by atoms with Gasteiger partial charge in [-0.2, -0.15) is 5.10 Å². The number of hydrogen-bond donors (Lipinski definition) is 2. The average Bonchev–Trinajstić information content (AvgIpc) is 3.56. The quantitative estimate of drug-likeness (QED) is 0.551. The first-order valence-corrected chi connectivity index (χ1v) is 10.8. The van der Waals surface area contributed by atoms with Crippen LogP contribution in [0, 0.1) is 0 Å². The second-order valence-electron chi connectivity index (χ2n) is 8.29. The fourth-order valence-electron chi connectivity index (χ4n) is 4.51. The van der Waals surface area contributed by atoms with E-state index in [1.165, 1.54) is 4.68 Å². The van der Waals surface area contributed by atoms with Crippen LogP contribution in [0.3, 0.4) is 0 Å². The molecule has 0 spiro atoms. The number of carbonyl (C=O) groups excluding carboxylic acids is 2. The fourth-order valence-corrected chi connectivity index (χ4v) is 4.51. The molecule has 33 heavy (non-hydrogen) atoms. The van der Waals surface area contributed by atoms with E-state index in [4.69, 9.17) is 9.15 Å². The molecule has 5 rings (SSSR count). The van der Waals surface area contributed by atoms with Gasteiger partial charge in [-0.25, -0.2) is 0 Å². The number of amides is 2. The van der Waals surface area contributed by atoms with Crippen molar-refractivity contribution >= 4 is 11.8 Å². The lowest BCUT2D eigenvalue weighted by molar-refractivity contribution is -0.129. The van der Waals surface area contributed by atoms with Crippen LogP contribution in [0.2, 0.25) is 0 Å². The SMILES string of the molecule is COc1ccc(-c2nnc(C[C@@H]3CNC(=O)[C@@H]4C[C@H](NC(=O)c5ccnn5C)CN34)o2)cc1. The first-order valence-electron chi connectivity index (χ1n) is 10.8. The zero-order valence-corrected chi connectivity index (χ0v) is 18.4. The Morgan fingerprint density at radius 2 is 2.09 bits per heavy atom. The van der Waals surface area contributed by atoms with Crippen molar-refractivity contribution in [3.05, 3.63) is 48.1 Å². The Labute approximate surface area is 190 Å². The molecule has 2 aliphatic rings. The Balaban J connectivity index is 1.26. The third-order valence-electron chi connectivity index (χ3n) is 6.23. The zero-order chi connectivity index (χ0) is 22.9. The molecule has 2 N–H and O–H groups in total. The van der Waals surface area contributed by atoms with E-state index in [0.29, 0.717) is 43.4 Å². The summed E-state index contributed by atoms with van der Waals surface area (Å²) in [5, 5.41) is 18.4. The summed E-state index contributed by atoms with van der Waals surface area (Å²) >= 11 is 0. The van der Waals surface area contributed by atoms with E-state index < -0.39 is 0 Å². The third-order valence-corrected chi connectivity index (χ3v) is 6.23. The van der Waals surface area contributed by atoms with E-state index in [1.807, 2.05) is 24.3 Å². The number of fused-ring (bicyclic) bond motifs is 1. The molecule has 2 aliphatic heterocycles. The molecule has 2 saturated heterocycles. The maximum Gasteiger partial charge on any atom is 0.269 e. The molecule has 2 amide bonds. The molecular weight excluding hydrogens is 426 g/mol. The summed E-state index contributed by atoms with van der Waals surface area (Å²) in [6.07, 6.45) is 2.64. The highest BCUT2D eigenvalue weighted by molar-refractivity contribution is 5.93. The largest absolute Gasteiger partial charge is 0.497 e. The first-order chi connectivity index (χ1) is 16.0. The van der Waals surface area contributed by atoms with Gasteiger partial charge in [0.1, 0.15) is 11.4 Å². The number of nitrogens with zero attached hydrogens (tertiary/aromatic N) is 5. The standard InChI is InChI=1S/C22H25N7O4/c1-28-17(7-8-24-28)21(31)25-14-9-18-20(30)23-11-15(29(18)12-14)10-19-26-27-22(33-19)13-3-5-16(32-2)6-4-13/h3-8,14-15,18H,9-12H2,1-2H3,(H,23,30)(H,25,31)/t14-,15+,18-/m0/s1. The van der Waals surface area contributed by atoms with Gasteiger partial charge in [-0.05, 0) is 36.8 Å². The second kappa shape index (κ2) is 8.66. The van der Waals surface area contributed by atoms with Crippen LogP contribution >= 0.6 is 0 Å². The van der Waals surface area contributed by atoms with Gasteiger partial charge in [0.05, 0.1) is 13.2 Å². The molecule has 3 aromatic rings. The molecule has 0 bridgehead atoms. The molecule has 11 nitrogen and oxygen atoms in total. The highest BCUT2D eigenvalue weighted by atomic mass is 16.5. The van der Waals surface area contributed by atoms with Gasteiger partial charge in [0.15, 0.2) is 0 Å². The minimum Gasteiger partial charge on any atom is -0.497 e. The number of aromatic nitrogens is 4. The van der Waals surface area contributed by atoms with Crippen LogP contribution in [0.15, 0.2) is 40.9 Å². The molecule has 1 aromatic carbocycles. The van der Waals surface area contributed by atoms with Crippen LogP contribution in [0.4, 0.5) is 0 Å². The normalized spacial score (nSPS) is 22.6. The third kappa shape index (κ3) is 4.19. The lowest BCUT2D eigenvalue weighted by Gasteiger charge is -2.36. The predicted molar refractivity (Wildman–Crippen MR) is 116 cm³/mol. The summed E-state index contributed by atoms with van der Waals surface area (Å²) in [6, 6.07) is 8.63. The lowest BCUT2D eigenvalue weighted by atomic mass is 10.1. The smallest absolute Gasteiger partial charge is 0.269 e. The Bertz CT molecular complexity index is 1160. The van der Waals surface area contributed by atoms with E-state index in [1.54, 1.807) is 26.4 Å². The number of benzene rings is 1. The van der Waals surface area contributed by atoms with Gasteiger partial charge in [-0.15, -0.1) is 10.2 Å². The number of aryl methyl sites for hydroxylation is 1. The van der Waals surface area contributed by atoms with E-state index >= 15 is 0 Å². The summed E-state index contributed by atoms with van der Waals surface area (Å²) in [6.45, 7) is 1.06. The van der Waals surface area contributed by atoms with Gasteiger partial charge in [0.2, 0.25) is 17.7 Å². The summed E-state index contributed by atoms with van der Waals surface area (Å²) < 4.78 is 12.6. The topological polar surface area (TPSA) is 127 Å². The van der Waals surface area contributed by atoms with Crippen LogP contribution in [0.5, 0.6) is 5.75 Å². The van der Waals surface area contributed by atoms with Crippen LogP contribution in [-0.2, 0) is 18.3 Å². The fraction of sp³-hybridized carbons (Fsp3) is 0.409. The minimum absolute atomic E-state index is 0.00419. The molecular formula is C22H25N7O4. The van der Waals surface area contributed by atoms with Gasteiger partial charge in [-0.1, -0.05) is 0 Å². The van der Waals surface area contributed by atoms with Crippen LogP contribution < -0.4 is 15.4 Å². The highest BCUT2D eigenvalue weighted by Crippen LogP contribution is 2.27. The summed E-state index contributed by atoms with van der Waals surface area (Å²) in [7, 11) is 3.34. The van der Waals surface area contributed by atoms with E-state index in [9.17, 15) is 9.59 Å². The van der Waals surface area contributed by atoms with Gasteiger partial charge in [0, 0.05) is 50.4 Å². The van der Waals surface area contributed by atoms with Crippen molar-refractivity contribution in [2.45, 2.75) is 31.0 Å². The Morgan fingerprint density at radius 3 is 2.82 bits per heavy atom. The van der Waals surface area contributed by atoms with Crippen molar-refractivity contribution in [3.63, 3.8) is 0 Å². The maximum atomic E-state index is 12.6. The molecule has 4 heterocycles.